The maximum atomic E-state index is 10.8. The van der Waals surface area contributed by atoms with Gasteiger partial charge < -0.3 is 10.2 Å². The molecule has 2 N–H and O–H groups in total. The molecule has 0 aromatic rings. The van der Waals surface area contributed by atoms with Crippen LogP contribution in [0.25, 0.3) is 0 Å². The number of hydrogen-bond acceptors (Lipinski definition) is 2. The van der Waals surface area contributed by atoms with E-state index in [1.54, 1.807) is 0 Å². The molecule has 0 aromatic heterocycles. The van der Waals surface area contributed by atoms with Crippen LogP contribution in [0.15, 0.2) is 0 Å². The summed E-state index contributed by atoms with van der Waals surface area (Å²) >= 11 is 0. The number of aliphatic hydroxyl groups is 1. The second kappa shape index (κ2) is 4.61. The van der Waals surface area contributed by atoms with E-state index >= 15 is 0 Å². The van der Waals surface area contributed by atoms with E-state index in [4.69, 9.17) is 5.11 Å². The molecule has 1 aliphatic carbocycles. The molecule has 0 radical (unpaired) electrons. The molecule has 0 aromatic carbocycles. The van der Waals surface area contributed by atoms with Gasteiger partial charge in [0.2, 0.25) is 0 Å². The Morgan fingerprint density at radius 1 is 1.38 bits per heavy atom. The van der Waals surface area contributed by atoms with E-state index in [0.717, 1.165) is 25.7 Å². The van der Waals surface area contributed by atoms with Gasteiger partial charge in [-0.25, -0.2) is 0 Å². The van der Waals surface area contributed by atoms with E-state index in [1.165, 1.54) is 0 Å². The maximum absolute atomic E-state index is 10.8. The molecule has 1 saturated carbocycles. The number of carbonyl (C=O) groups is 1. The molecule has 76 valence electrons. The van der Waals surface area contributed by atoms with Gasteiger partial charge in [-0.05, 0) is 38.0 Å². The number of aliphatic carboxylic acids is 1. The molecule has 1 unspecified atom stereocenters. The van der Waals surface area contributed by atoms with Crippen molar-refractivity contribution in [3.05, 3.63) is 0 Å². The minimum atomic E-state index is -0.677. The van der Waals surface area contributed by atoms with Gasteiger partial charge in [0.1, 0.15) is 0 Å². The Morgan fingerprint density at radius 3 is 2.31 bits per heavy atom. The first-order valence-electron chi connectivity index (χ1n) is 5.06. The molecular formula is C10H18O3. The largest absolute Gasteiger partial charge is 0.481 e. The number of hydrogen-bond donors (Lipinski definition) is 2. The van der Waals surface area contributed by atoms with Crippen molar-refractivity contribution in [1.29, 1.82) is 0 Å². The molecule has 0 saturated heterocycles. The van der Waals surface area contributed by atoms with Crippen LogP contribution in [-0.2, 0) is 4.79 Å². The summed E-state index contributed by atoms with van der Waals surface area (Å²) in [5.41, 5.74) is 0. The zero-order chi connectivity index (χ0) is 9.84. The minimum Gasteiger partial charge on any atom is -0.481 e. The second-order valence-corrected chi connectivity index (χ2v) is 3.92. The van der Waals surface area contributed by atoms with E-state index in [0.29, 0.717) is 6.42 Å². The Labute approximate surface area is 78.8 Å². The fourth-order valence-corrected chi connectivity index (χ4v) is 2.21. The van der Waals surface area contributed by atoms with Crippen LogP contribution in [0.4, 0.5) is 0 Å². The van der Waals surface area contributed by atoms with Crippen LogP contribution in [0.5, 0.6) is 0 Å². The highest BCUT2D eigenvalue weighted by atomic mass is 16.4. The lowest BCUT2D eigenvalue weighted by molar-refractivity contribution is -0.144. The fourth-order valence-electron chi connectivity index (χ4n) is 2.21. The van der Waals surface area contributed by atoms with Gasteiger partial charge in [-0.2, -0.15) is 0 Å². The summed E-state index contributed by atoms with van der Waals surface area (Å²) in [4.78, 5) is 10.8. The maximum Gasteiger partial charge on any atom is 0.306 e. The van der Waals surface area contributed by atoms with Gasteiger partial charge in [0.05, 0.1) is 12.0 Å². The molecule has 0 spiro atoms. The number of rotatable bonds is 3. The lowest BCUT2D eigenvalue weighted by Gasteiger charge is -2.29. The minimum absolute atomic E-state index is 0.192. The van der Waals surface area contributed by atoms with Crippen molar-refractivity contribution < 1.29 is 15.0 Å². The fraction of sp³-hybridized carbons (Fsp3) is 0.900. The van der Waals surface area contributed by atoms with Crippen molar-refractivity contribution in [3.63, 3.8) is 0 Å². The summed E-state index contributed by atoms with van der Waals surface area (Å²) in [6.45, 7) is 1.92. The molecule has 1 atom stereocenters. The third kappa shape index (κ3) is 2.69. The van der Waals surface area contributed by atoms with Crippen molar-refractivity contribution >= 4 is 5.97 Å². The molecule has 3 heteroatoms. The molecule has 0 heterocycles. The summed E-state index contributed by atoms with van der Waals surface area (Å²) < 4.78 is 0. The van der Waals surface area contributed by atoms with E-state index in [1.807, 2.05) is 6.92 Å². The first kappa shape index (κ1) is 10.5. The van der Waals surface area contributed by atoms with Crippen LogP contribution >= 0.6 is 0 Å². The summed E-state index contributed by atoms with van der Waals surface area (Å²) in [6.07, 6.45) is 3.79. The number of carboxylic acids is 1. The van der Waals surface area contributed by atoms with E-state index < -0.39 is 5.97 Å². The highest BCUT2D eigenvalue weighted by Crippen LogP contribution is 2.31. The van der Waals surface area contributed by atoms with Crippen molar-refractivity contribution in [1.82, 2.24) is 0 Å². The average molecular weight is 186 g/mol. The van der Waals surface area contributed by atoms with Crippen molar-refractivity contribution in [2.45, 2.75) is 45.1 Å². The van der Waals surface area contributed by atoms with Crippen molar-refractivity contribution in [3.8, 4) is 0 Å². The highest BCUT2D eigenvalue weighted by Gasteiger charge is 2.29. The van der Waals surface area contributed by atoms with Gasteiger partial charge in [-0.1, -0.05) is 6.92 Å². The molecule has 13 heavy (non-hydrogen) atoms. The third-order valence-corrected chi connectivity index (χ3v) is 3.07. The Morgan fingerprint density at radius 2 is 1.92 bits per heavy atom. The van der Waals surface area contributed by atoms with Crippen LogP contribution in [0.2, 0.25) is 0 Å². The molecule has 0 amide bonds. The Balaban J connectivity index is 2.46. The lowest BCUT2D eigenvalue weighted by Crippen LogP contribution is -2.28. The number of carboxylic acid groups (broad SMARTS) is 1. The van der Waals surface area contributed by atoms with E-state index in [9.17, 15) is 9.90 Å². The predicted octanol–water partition coefficient (Wildman–Crippen LogP) is 1.65. The van der Waals surface area contributed by atoms with Gasteiger partial charge in [-0.15, -0.1) is 0 Å². The zero-order valence-electron chi connectivity index (χ0n) is 8.07. The molecule has 3 nitrogen and oxygen atoms in total. The molecule has 0 bridgehead atoms. The summed E-state index contributed by atoms with van der Waals surface area (Å²) in [6, 6.07) is 0. The second-order valence-electron chi connectivity index (χ2n) is 3.92. The quantitative estimate of drug-likeness (QED) is 0.704. The third-order valence-electron chi connectivity index (χ3n) is 3.07. The van der Waals surface area contributed by atoms with Gasteiger partial charge >= 0.3 is 5.97 Å². The zero-order valence-corrected chi connectivity index (χ0v) is 8.07. The normalized spacial score (nSPS) is 31.2. The average Bonchev–Trinajstić information content (AvgIpc) is 2.09. The molecule has 0 aliphatic heterocycles. The molecular weight excluding hydrogens is 168 g/mol. The monoisotopic (exact) mass is 186 g/mol. The van der Waals surface area contributed by atoms with E-state index in [2.05, 4.69) is 0 Å². The smallest absolute Gasteiger partial charge is 0.306 e. The first-order chi connectivity index (χ1) is 6.15. The first-order valence-corrected chi connectivity index (χ1v) is 5.06. The SMILES string of the molecule is CCC(C(=O)O)C1CCC(O)CC1. The molecule has 1 aliphatic rings. The summed E-state index contributed by atoms with van der Waals surface area (Å²) in [5.74, 6) is -0.595. The highest BCUT2D eigenvalue weighted by molar-refractivity contribution is 5.70. The Hall–Kier alpha value is -0.570. The van der Waals surface area contributed by atoms with Crippen molar-refractivity contribution in [2.75, 3.05) is 0 Å². The summed E-state index contributed by atoms with van der Waals surface area (Å²) in [7, 11) is 0. The van der Waals surface area contributed by atoms with Crippen LogP contribution < -0.4 is 0 Å². The van der Waals surface area contributed by atoms with Crippen LogP contribution in [0.1, 0.15) is 39.0 Å². The lowest BCUT2D eigenvalue weighted by atomic mass is 9.78. The molecule has 1 rings (SSSR count). The van der Waals surface area contributed by atoms with Gasteiger partial charge in [-0.3, -0.25) is 4.79 Å². The Kier molecular flexibility index (Phi) is 3.72. The van der Waals surface area contributed by atoms with Crippen LogP contribution in [-0.4, -0.2) is 22.3 Å². The van der Waals surface area contributed by atoms with Gasteiger partial charge in [0.15, 0.2) is 0 Å². The van der Waals surface area contributed by atoms with Crippen LogP contribution in [0, 0.1) is 11.8 Å². The number of aliphatic hydroxyl groups excluding tert-OH is 1. The standard InChI is InChI=1S/C10H18O3/c1-2-9(10(12)13)7-3-5-8(11)6-4-7/h7-9,11H,2-6H2,1H3,(H,12,13). The Bertz CT molecular complexity index is 171. The summed E-state index contributed by atoms with van der Waals surface area (Å²) in [5, 5.41) is 18.2. The van der Waals surface area contributed by atoms with Crippen LogP contribution in [0.3, 0.4) is 0 Å². The topological polar surface area (TPSA) is 57.5 Å². The van der Waals surface area contributed by atoms with Gasteiger partial charge in [0, 0.05) is 0 Å². The predicted molar refractivity (Wildman–Crippen MR) is 49.4 cm³/mol. The van der Waals surface area contributed by atoms with Gasteiger partial charge in [0.25, 0.3) is 0 Å². The van der Waals surface area contributed by atoms with Crippen molar-refractivity contribution in [2.24, 2.45) is 11.8 Å². The molecule has 1 fully saturated rings. The van der Waals surface area contributed by atoms with E-state index in [-0.39, 0.29) is 17.9 Å².